The number of nitrogens with zero attached hydrogens (tertiary/aromatic N) is 2. The second-order valence-electron chi connectivity index (χ2n) is 5.73. The van der Waals surface area contributed by atoms with Gasteiger partial charge in [-0.2, -0.15) is 0 Å². The van der Waals surface area contributed by atoms with Crippen molar-refractivity contribution in [2.75, 3.05) is 10.6 Å². The minimum atomic E-state index is -1.35. The van der Waals surface area contributed by atoms with Crippen LogP contribution in [0, 0.1) is 30.4 Å². The molecule has 2 amide bonds. The van der Waals surface area contributed by atoms with E-state index in [0.717, 1.165) is 11.4 Å². The molecule has 3 rings (SSSR count). The summed E-state index contributed by atoms with van der Waals surface area (Å²) in [6.45, 7) is 2.93. The van der Waals surface area contributed by atoms with E-state index in [1.54, 1.807) is 49.1 Å². The number of anilines is 2. The van der Waals surface area contributed by atoms with Crippen LogP contribution in [0.15, 0.2) is 49.1 Å². The Bertz CT molecular complexity index is 902. The first-order valence-corrected chi connectivity index (χ1v) is 10.7. The van der Waals surface area contributed by atoms with Crippen LogP contribution in [0.2, 0.25) is 0 Å². The molecule has 1 aromatic carbocycles. The molecule has 0 spiro atoms. The predicted molar refractivity (Wildman–Crippen MR) is 129 cm³/mol. The number of benzene rings is 1. The maximum atomic E-state index is 12.6. The van der Waals surface area contributed by atoms with Crippen molar-refractivity contribution in [2.24, 2.45) is 0 Å². The highest BCUT2D eigenvalue weighted by Gasteiger charge is 2.21. The minimum Gasteiger partial charge on any atom is -0.325 e. The minimum absolute atomic E-state index is 0.0759. The predicted octanol–water partition coefficient (Wildman–Crippen LogP) is 5.53. The lowest BCUT2D eigenvalue weighted by Gasteiger charge is -2.02. The molecule has 2 N–H and O–H groups in total. The molecule has 0 aliphatic rings. The summed E-state index contributed by atoms with van der Waals surface area (Å²) in [7, 11) is 0. The fraction of sp³-hybridized carbons (Fsp3) is 0.100. The van der Waals surface area contributed by atoms with Crippen LogP contribution < -0.4 is 10.6 Å². The highest BCUT2D eigenvalue weighted by molar-refractivity contribution is 14.1. The third kappa shape index (κ3) is 9.42. The second-order valence-corrected chi connectivity index (χ2v) is 7.89. The molecule has 32 heavy (non-hydrogen) atoms. The van der Waals surface area contributed by atoms with E-state index >= 15 is 0 Å². The summed E-state index contributed by atoms with van der Waals surface area (Å²) >= 11 is 2.41. The number of rotatable bonds is 2. The summed E-state index contributed by atoms with van der Waals surface area (Å²) in [5, 5.41) is 5.21. The van der Waals surface area contributed by atoms with Crippen molar-refractivity contribution >= 4 is 68.4 Å². The summed E-state index contributed by atoms with van der Waals surface area (Å²) in [4.78, 5) is 28.6. The van der Waals surface area contributed by atoms with E-state index in [2.05, 4.69) is 20.6 Å². The van der Waals surface area contributed by atoms with Gasteiger partial charge in [-0.1, -0.05) is 0 Å². The largest absolute Gasteiger partial charge is 0.325 e. The van der Waals surface area contributed by atoms with Gasteiger partial charge in [0.25, 0.3) is 0 Å². The first kappa shape index (κ1) is 27.7. The lowest BCUT2D eigenvalue weighted by atomic mass is 10.3. The van der Waals surface area contributed by atoms with Crippen LogP contribution >= 0.6 is 45.2 Å². The number of hydrogen-bond donors (Lipinski definition) is 2. The fourth-order valence-corrected chi connectivity index (χ4v) is 2.81. The standard InChI is InChI=1S/2C7H8N2O.C6F4I2/c2*1-6(10)9-7-3-2-4-8-5-7;7-1-2(8)6(12)4(10)3(9)5(1)11/h2*2-5H,1H3,(H,9,10);. The lowest BCUT2D eigenvalue weighted by Crippen LogP contribution is -2.05. The van der Waals surface area contributed by atoms with Crippen LogP contribution in [0.25, 0.3) is 0 Å². The van der Waals surface area contributed by atoms with Crippen molar-refractivity contribution in [3.8, 4) is 0 Å². The Labute approximate surface area is 208 Å². The number of aromatic nitrogens is 2. The van der Waals surface area contributed by atoms with E-state index in [1.807, 2.05) is 0 Å². The van der Waals surface area contributed by atoms with Crippen molar-refractivity contribution in [3.05, 3.63) is 79.5 Å². The molecule has 2 heterocycles. The molecule has 2 aromatic heterocycles. The maximum absolute atomic E-state index is 12.6. The van der Waals surface area contributed by atoms with Gasteiger partial charge in [0, 0.05) is 26.2 Å². The van der Waals surface area contributed by atoms with E-state index in [-0.39, 0.29) is 11.8 Å². The first-order valence-electron chi connectivity index (χ1n) is 8.56. The Morgan fingerprint density at radius 3 is 1.25 bits per heavy atom. The molecule has 0 aliphatic heterocycles. The topological polar surface area (TPSA) is 84.0 Å². The molecule has 6 nitrogen and oxygen atoms in total. The molecule has 0 bridgehead atoms. The van der Waals surface area contributed by atoms with Crippen LogP contribution in [0.3, 0.4) is 0 Å². The molecular formula is C20H16F4I2N4O2. The SMILES string of the molecule is CC(=O)Nc1cccnc1.CC(=O)Nc1cccnc1.Fc1c(F)c(I)c(F)c(F)c1I. The summed E-state index contributed by atoms with van der Waals surface area (Å²) < 4.78 is 49.2. The third-order valence-electron chi connectivity index (χ3n) is 3.12. The summed E-state index contributed by atoms with van der Waals surface area (Å²) in [5.74, 6) is -5.54. The maximum Gasteiger partial charge on any atom is 0.221 e. The number of nitrogens with one attached hydrogen (secondary N) is 2. The summed E-state index contributed by atoms with van der Waals surface area (Å²) in [5.41, 5.74) is 1.46. The van der Waals surface area contributed by atoms with E-state index in [1.165, 1.54) is 59.0 Å². The molecule has 0 fully saturated rings. The number of pyridine rings is 2. The fourth-order valence-electron chi connectivity index (χ4n) is 1.86. The first-order chi connectivity index (χ1) is 15.0. The van der Waals surface area contributed by atoms with Crippen molar-refractivity contribution in [2.45, 2.75) is 13.8 Å². The second kappa shape index (κ2) is 13.9. The average Bonchev–Trinajstić information content (AvgIpc) is 2.76. The van der Waals surface area contributed by atoms with E-state index in [4.69, 9.17) is 0 Å². The average molecular weight is 674 g/mol. The molecule has 0 atom stereocenters. The van der Waals surface area contributed by atoms with E-state index in [0.29, 0.717) is 0 Å². The smallest absolute Gasteiger partial charge is 0.221 e. The van der Waals surface area contributed by atoms with Gasteiger partial charge in [0.2, 0.25) is 11.8 Å². The van der Waals surface area contributed by atoms with Gasteiger partial charge in [0.05, 0.1) is 30.9 Å². The van der Waals surface area contributed by atoms with Crippen molar-refractivity contribution in [1.29, 1.82) is 0 Å². The molecule has 0 radical (unpaired) electrons. The quantitative estimate of drug-likeness (QED) is 0.162. The van der Waals surface area contributed by atoms with Crippen molar-refractivity contribution < 1.29 is 27.2 Å². The Hall–Kier alpha value is -2.36. The number of carbonyl (C=O) groups excluding carboxylic acids is 2. The van der Waals surface area contributed by atoms with E-state index < -0.39 is 30.4 Å². The third-order valence-corrected chi connectivity index (χ3v) is 5.01. The van der Waals surface area contributed by atoms with Crippen molar-refractivity contribution in [1.82, 2.24) is 9.97 Å². The highest BCUT2D eigenvalue weighted by atomic mass is 127. The number of carbonyl (C=O) groups is 2. The number of hydrogen-bond acceptors (Lipinski definition) is 4. The Morgan fingerprint density at radius 2 is 1.03 bits per heavy atom. The Morgan fingerprint density at radius 1 is 0.719 bits per heavy atom. The normalized spacial score (nSPS) is 9.50. The Kier molecular flexibility index (Phi) is 12.0. The lowest BCUT2D eigenvalue weighted by molar-refractivity contribution is -0.115. The monoisotopic (exact) mass is 674 g/mol. The molecule has 0 saturated heterocycles. The van der Waals surface area contributed by atoms with Gasteiger partial charge in [0.15, 0.2) is 23.3 Å². The van der Waals surface area contributed by atoms with Gasteiger partial charge in [-0.15, -0.1) is 0 Å². The van der Waals surface area contributed by atoms with Crippen LogP contribution in [-0.4, -0.2) is 21.8 Å². The van der Waals surface area contributed by atoms with Gasteiger partial charge in [-0.3, -0.25) is 19.6 Å². The molecule has 0 unspecified atom stereocenters. The van der Waals surface area contributed by atoms with Gasteiger partial charge < -0.3 is 10.6 Å². The van der Waals surface area contributed by atoms with Crippen LogP contribution in [0.5, 0.6) is 0 Å². The molecule has 170 valence electrons. The van der Waals surface area contributed by atoms with Gasteiger partial charge in [-0.25, -0.2) is 17.6 Å². The van der Waals surface area contributed by atoms with E-state index in [9.17, 15) is 27.2 Å². The molecule has 3 aromatic rings. The van der Waals surface area contributed by atoms with Crippen LogP contribution in [-0.2, 0) is 9.59 Å². The zero-order valence-electron chi connectivity index (χ0n) is 16.6. The number of amides is 2. The Balaban J connectivity index is 0.000000241. The summed E-state index contributed by atoms with van der Waals surface area (Å²) in [6, 6.07) is 7.11. The van der Waals surface area contributed by atoms with Gasteiger partial charge >= 0.3 is 0 Å². The molecule has 0 aliphatic carbocycles. The summed E-state index contributed by atoms with van der Waals surface area (Å²) in [6.07, 6.45) is 6.51. The molecular weight excluding hydrogens is 658 g/mol. The number of halogens is 6. The molecule has 12 heteroatoms. The van der Waals surface area contributed by atoms with Crippen LogP contribution in [0.4, 0.5) is 28.9 Å². The van der Waals surface area contributed by atoms with Gasteiger partial charge in [-0.05, 0) is 69.4 Å². The zero-order chi connectivity index (χ0) is 24.3. The van der Waals surface area contributed by atoms with Crippen LogP contribution in [0.1, 0.15) is 13.8 Å². The van der Waals surface area contributed by atoms with Gasteiger partial charge in [0.1, 0.15) is 0 Å². The highest BCUT2D eigenvalue weighted by Crippen LogP contribution is 2.25. The zero-order valence-corrected chi connectivity index (χ0v) is 20.9. The van der Waals surface area contributed by atoms with Crippen molar-refractivity contribution in [3.63, 3.8) is 0 Å². The molecule has 0 saturated carbocycles.